The van der Waals surface area contributed by atoms with Gasteiger partial charge in [-0.2, -0.15) is 0 Å². The molecule has 19 heavy (non-hydrogen) atoms. The molecule has 1 aliphatic rings. The summed E-state index contributed by atoms with van der Waals surface area (Å²) in [5.41, 5.74) is 0. The largest absolute Gasteiger partial charge is 0.448 e. The predicted octanol–water partition coefficient (Wildman–Crippen LogP) is 2.25. The minimum atomic E-state index is -0.602. The van der Waals surface area contributed by atoms with Crippen molar-refractivity contribution in [2.75, 3.05) is 32.9 Å². The lowest BCUT2D eigenvalue weighted by molar-refractivity contribution is 0.0762. The SMILES string of the molecule is CCOC(=O)/N=S(/c1ccccc1)N1CCOCC1. The monoisotopic (exact) mass is 282 g/mol. The summed E-state index contributed by atoms with van der Waals surface area (Å²) >= 11 is 0. The second kappa shape index (κ2) is 7.37. The van der Waals surface area contributed by atoms with E-state index in [1.807, 2.05) is 30.3 Å². The van der Waals surface area contributed by atoms with Crippen molar-refractivity contribution in [3.05, 3.63) is 30.3 Å². The van der Waals surface area contributed by atoms with Crippen molar-refractivity contribution in [1.29, 1.82) is 0 Å². The lowest BCUT2D eigenvalue weighted by atomic mass is 10.4. The molecule has 1 aliphatic heterocycles. The van der Waals surface area contributed by atoms with E-state index >= 15 is 0 Å². The van der Waals surface area contributed by atoms with Crippen LogP contribution in [0, 0.1) is 0 Å². The van der Waals surface area contributed by atoms with Crippen LogP contribution in [0.2, 0.25) is 0 Å². The Morgan fingerprint density at radius 3 is 2.68 bits per heavy atom. The van der Waals surface area contributed by atoms with Gasteiger partial charge in [0.05, 0.1) is 19.8 Å². The van der Waals surface area contributed by atoms with Gasteiger partial charge in [-0.05, 0) is 19.1 Å². The van der Waals surface area contributed by atoms with Crippen LogP contribution in [0.15, 0.2) is 39.6 Å². The highest BCUT2D eigenvalue weighted by Crippen LogP contribution is 2.15. The van der Waals surface area contributed by atoms with Gasteiger partial charge in [-0.15, -0.1) is 4.36 Å². The van der Waals surface area contributed by atoms with Crippen LogP contribution in [0.4, 0.5) is 4.79 Å². The zero-order valence-electron chi connectivity index (χ0n) is 10.9. The maximum absolute atomic E-state index is 11.6. The number of morpholine rings is 1. The van der Waals surface area contributed by atoms with E-state index in [0.717, 1.165) is 18.0 Å². The normalized spacial score (nSPS) is 18.2. The molecule has 2 rings (SSSR count). The quantitative estimate of drug-likeness (QED) is 0.853. The van der Waals surface area contributed by atoms with E-state index in [1.54, 1.807) is 6.92 Å². The highest BCUT2D eigenvalue weighted by atomic mass is 32.2. The molecule has 0 bridgehead atoms. The standard InChI is InChI=1S/C13H18N2O3S/c1-2-18-13(16)14-19(12-6-4-3-5-7-12)15-8-10-17-11-9-15/h3-7H,2,8-11H2,1H3. The van der Waals surface area contributed by atoms with Gasteiger partial charge in [0, 0.05) is 28.9 Å². The molecule has 1 amide bonds. The van der Waals surface area contributed by atoms with Crippen molar-refractivity contribution in [2.45, 2.75) is 11.8 Å². The molecule has 0 aromatic heterocycles. The van der Waals surface area contributed by atoms with Crippen LogP contribution in [0.3, 0.4) is 0 Å². The third-order valence-electron chi connectivity index (χ3n) is 2.60. The van der Waals surface area contributed by atoms with Gasteiger partial charge in [-0.1, -0.05) is 18.2 Å². The van der Waals surface area contributed by atoms with Crippen molar-refractivity contribution < 1.29 is 14.3 Å². The Morgan fingerprint density at radius 2 is 2.05 bits per heavy atom. The van der Waals surface area contributed by atoms with Gasteiger partial charge in [0.25, 0.3) is 0 Å². The molecule has 104 valence electrons. The van der Waals surface area contributed by atoms with E-state index in [4.69, 9.17) is 9.47 Å². The van der Waals surface area contributed by atoms with Gasteiger partial charge in [-0.25, -0.2) is 9.10 Å². The molecule has 0 spiro atoms. The number of hydrogen-bond acceptors (Lipinski definition) is 3. The number of carbonyl (C=O) groups is 1. The molecule has 1 unspecified atom stereocenters. The fourth-order valence-corrected chi connectivity index (χ4v) is 3.35. The second-order valence-corrected chi connectivity index (χ2v) is 5.61. The number of nitrogens with zero attached hydrogens (tertiary/aromatic N) is 2. The summed E-state index contributed by atoms with van der Waals surface area (Å²) in [6, 6.07) is 9.84. The average molecular weight is 282 g/mol. The first-order chi connectivity index (χ1) is 9.31. The van der Waals surface area contributed by atoms with Crippen molar-refractivity contribution in [2.24, 2.45) is 4.36 Å². The summed E-state index contributed by atoms with van der Waals surface area (Å²) in [6.45, 7) is 5.03. The molecule has 1 atom stereocenters. The average Bonchev–Trinajstić information content (AvgIpc) is 2.47. The number of benzene rings is 1. The first-order valence-electron chi connectivity index (χ1n) is 6.32. The molecule has 1 fully saturated rings. The molecule has 0 N–H and O–H groups in total. The van der Waals surface area contributed by atoms with Crippen LogP contribution in [0.25, 0.3) is 0 Å². The van der Waals surface area contributed by atoms with Gasteiger partial charge in [-0.3, -0.25) is 0 Å². The number of carbonyl (C=O) groups excluding carboxylic acids is 1. The van der Waals surface area contributed by atoms with Crippen molar-refractivity contribution >= 4 is 17.0 Å². The summed E-state index contributed by atoms with van der Waals surface area (Å²) in [7, 11) is -0.602. The van der Waals surface area contributed by atoms with Gasteiger partial charge in [0.15, 0.2) is 0 Å². The molecule has 5 nitrogen and oxygen atoms in total. The Bertz CT molecular complexity index is 444. The molecule has 1 heterocycles. The van der Waals surface area contributed by atoms with Gasteiger partial charge in [0.2, 0.25) is 0 Å². The van der Waals surface area contributed by atoms with Crippen LogP contribution in [0.1, 0.15) is 6.92 Å². The van der Waals surface area contributed by atoms with Crippen LogP contribution in [0.5, 0.6) is 0 Å². The van der Waals surface area contributed by atoms with E-state index in [9.17, 15) is 4.79 Å². The van der Waals surface area contributed by atoms with Crippen molar-refractivity contribution in [3.63, 3.8) is 0 Å². The molecule has 1 saturated heterocycles. The van der Waals surface area contributed by atoms with E-state index in [1.165, 1.54) is 0 Å². The Hall–Kier alpha value is -1.24. The first-order valence-corrected chi connectivity index (χ1v) is 7.46. The van der Waals surface area contributed by atoms with Crippen molar-refractivity contribution in [3.8, 4) is 0 Å². The number of ether oxygens (including phenoxy) is 2. The third-order valence-corrected chi connectivity index (χ3v) is 4.47. The highest BCUT2D eigenvalue weighted by Gasteiger charge is 2.18. The summed E-state index contributed by atoms with van der Waals surface area (Å²) < 4.78 is 16.6. The topological polar surface area (TPSA) is 51.1 Å². The summed E-state index contributed by atoms with van der Waals surface area (Å²) in [6.07, 6.45) is -0.499. The molecule has 0 aliphatic carbocycles. The van der Waals surface area contributed by atoms with Crippen LogP contribution >= 0.6 is 0 Å². The maximum atomic E-state index is 11.6. The van der Waals surface area contributed by atoms with Gasteiger partial charge in [0.1, 0.15) is 0 Å². The van der Waals surface area contributed by atoms with E-state index in [-0.39, 0.29) is 0 Å². The van der Waals surface area contributed by atoms with Crippen LogP contribution in [-0.2, 0) is 20.4 Å². The number of amides is 1. The molecule has 6 heteroatoms. The fourth-order valence-electron chi connectivity index (χ4n) is 1.74. The highest BCUT2D eigenvalue weighted by molar-refractivity contribution is 7.85. The van der Waals surface area contributed by atoms with Crippen LogP contribution < -0.4 is 0 Å². The fraction of sp³-hybridized carbons (Fsp3) is 0.462. The smallest absolute Gasteiger partial charge is 0.441 e. The van der Waals surface area contributed by atoms with E-state index in [2.05, 4.69) is 8.67 Å². The number of hydrogen-bond donors (Lipinski definition) is 0. The lowest BCUT2D eigenvalue weighted by Crippen LogP contribution is -2.37. The Morgan fingerprint density at radius 1 is 1.37 bits per heavy atom. The Labute approximate surface area is 115 Å². The first kappa shape index (κ1) is 14.2. The molecule has 0 radical (unpaired) electrons. The molecule has 1 aromatic rings. The minimum absolute atomic E-state index is 0.345. The van der Waals surface area contributed by atoms with Crippen LogP contribution in [-0.4, -0.2) is 43.3 Å². The zero-order valence-corrected chi connectivity index (χ0v) is 11.8. The third kappa shape index (κ3) is 4.12. The van der Waals surface area contributed by atoms with Gasteiger partial charge >= 0.3 is 6.09 Å². The molecule has 0 saturated carbocycles. The maximum Gasteiger partial charge on any atom is 0.441 e. The Balaban J connectivity index is 2.24. The lowest BCUT2D eigenvalue weighted by Gasteiger charge is -2.28. The van der Waals surface area contributed by atoms with E-state index < -0.39 is 17.0 Å². The summed E-state index contributed by atoms with van der Waals surface area (Å²) in [5.74, 6) is 0. The predicted molar refractivity (Wildman–Crippen MR) is 73.9 cm³/mol. The Kier molecular flexibility index (Phi) is 5.50. The minimum Gasteiger partial charge on any atom is -0.448 e. The van der Waals surface area contributed by atoms with Gasteiger partial charge < -0.3 is 9.47 Å². The molecular weight excluding hydrogens is 264 g/mol. The number of rotatable bonds is 3. The zero-order chi connectivity index (χ0) is 13.5. The van der Waals surface area contributed by atoms with E-state index in [0.29, 0.717) is 19.8 Å². The molecule has 1 aromatic carbocycles. The summed E-state index contributed by atoms with van der Waals surface area (Å²) in [4.78, 5) is 12.7. The second-order valence-electron chi connectivity index (χ2n) is 3.91. The summed E-state index contributed by atoms with van der Waals surface area (Å²) in [5, 5.41) is 0. The molecular formula is C13H18N2O3S. The van der Waals surface area contributed by atoms with Crippen molar-refractivity contribution in [1.82, 2.24) is 4.31 Å².